The number of para-hydroxylation sites is 1. The van der Waals surface area contributed by atoms with Gasteiger partial charge in [-0.15, -0.1) is 12.6 Å². The van der Waals surface area contributed by atoms with E-state index in [0.717, 1.165) is 22.0 Å². The van der Waals surface area contributed by atoms with Crippen molar-refractivity contribution in [3.63, 3.8) is 0 Å². The molecule has 0 saturated heterocycles. The fraction of sp³-hybridized carbons (Fsp3) is 0. The van der Waals surface area contributed by atoms with Crippen LogP contribution in [0.3, 0.4) is 0 Å². The number of pyridine rings is 2. The van der Waals surface area contributed by atoms with Crippen LogP contribution in [0.1, 0.15) is 10.4 Å². The van der Waals surface area contributed by atoms with Gasteiger partial charge < -0.3 is 16.2 Å². The Morgan fingerprint density at radius 1 is 1.04 bits per heavy atom. The Morgan fingerprint density at radius 2 is 1.86 bits per heavy atom. The Balaban J connectivity index is 1.87. The zero-order chi connectivity index (χ0) is 19.7. The molecular weight excluding hydrogens is 372 g/mol. The van der Waals surface area contributed by atoms with E-state index in [-0.39, 0.29) is 5.56 Å². The lowest BCUT2D eigenvalue weighted by Crippen LogP contribution is -2.03. The van der Waals surface area contributed by atoms with E-state index in [0.29, 0.717) is 22.0 Å². The van der Waals surface area contributed by atoms with Gasteiger partial charge in [-0.3, -0.25) is 9.97 Å². The van der Waals surface area contributed by atoms with E-state index in [4.69, 9.17) is 5.73 Å². The van der Waals surface area contributed by atoms with Crippen molar-refractivity contribution < 1.29 is 9.90 Å². The standard InChI is InChI=1S/C21H16N4O2S/c22-14-7-13(9-23-10-14)12-5-6-17-16(8-12)20(19(28)11-24-17)25-18-4-2-1-3-15(18)21(26)27/h1-11,28H,22H2,(H,24,25)(H,26,27). The molecule has 138 valence electrons. The Kier molecular flexibility index (Phi) is 4.58. The molecule has 0 bridgehead atoms. The van der Waals surface area contributed by atoms with Crippen LogP contribution in [-0.4, -0.2) is 21.0 Å². The van der Waals surface area contributed by atoms with Gasteiger partial charge >= 0.3 is 5.97 Å². The van der Waals surface area contributed by atoms with Gasteiger partial charge in [0.2, 0.25) is 0 Å². The van der Waals surface area contributed by atoms with Crippen LogP contribution >= 0.6 is 12.6 Å². The van der Waals surface area contributed by atoms with Gasteiger partial charge in [-0.05, 0) is 35.9 Å². The number of aromatic carboxylic acids is 1. The summed E-state index contributed by atoms with van der Waals surface area (Å²) >= 11 is 4.52. The number of hydrogen-bond acceptors (Lipinski definition) is 6. The largest absolute Gasteiger partial charge is 0.478 e. The highest BCUT2D eigenvalue weighted by atomic mass is 32.1. The normalized spacial score (nSPS) is 10.8. The van der Waals surface area contributed by atoms with Crippen molar-refractivity contribution in [2.45, 2.75) is 4.90 Å². The first-order chi connectivity index (χ1) is 13.5. The highest BCUT2D eigenvalue weighted by Crippen LogP contribution is 2.35. The number of benzene rings is 2. The predicted octanol–water partition coefficient (Wildman–Crippen LogP) is 4.61. The first-order valence-corrected chi connectivity index (χ1v) is 8.89. The van der Waals surface area contributed by atoms with Crippen molar-refractivity contribution in [3.05, 3.63) is 72.7 Å². The summed E-state index contributed by atoms with van der Waals surface area (Å²) in [6.45, 7) is 0. The van der Waals surface area contributed by atoms with Crippen molar-refractivity contribution in [2.24, 2.45) is 0 Å². The topological polar surface area (TPSA) is 101 Å². The summed E-state index contributed by atoms with van der Waals surface area (Å²) in [5.74, 6) is -1.01. The molecule has 2 heterocycles. The summed E-state index contributed by atoms with van der Waals surface area (Å²) in [4.78, 5) is 20.7. The average molecular weight is 388 g/mol. The SMILES string of the molecule is Nc1cncc(-c2ccc3ncc(S)c(Nc4ccccc4C(=O)O)c3c2)c1. The molecule has 2 aromatic heterocycles. The summed E-state index contributed by atoms with van der Waals surface area (Å²) in [6.07, 6.45) is 4.97. The van der Waals surface area contributed by atoms with Gasteiger partial charge in [0.1, 0.15) is 0 Å². The molecule has 4 rings (SSSR count). The van der Waals surface area contributed by atoms with E-state index in [1.807, 2.05) is 24.3 Å². The van der Waals surface area contributed by atoms with Crippen LogP contribution in [-0.2, 0) is 0 Å². The number of carbonyl (C=O) groups is 1. The van der Waals surface area contributed by atoms with E-state index in [2.05, 4.69) is 27.9 Å². The smallest absolute Gasteiger partial charge is 0.337 e. The van der Waals surface area contributed by atoms with E-state index in [1.165, 1.54) is 0 Å². The number of carboxylic acid groups (broad SMARTS) is 1. The minimum Gasteiger partial charge on any atom is -0.478 e. The summed E-state index contributed by atoms with van der Waals surface area (Å²) in [7, 11) is 0. The molecule has 28 heavy (non-hydrogen) atoms. The molecule has 0 aliphatic heterocycles. The molecular formula is C21H16N4O2S. The lowest BCUT2D eigenvalue weighted by molar-refractivity contribution is 0.0698. The number of hydrogen-bond donors (Lipinski definition) is 4. The molecule has 0 saturated carbocycles. The summed E-state index contributed by atoms with van der Waals surface area (Å²) in [6, 6.07) is 14.4. The molecule has 6 nitrogen and oxygen atoms in total. The Bertz CT molecular complexity index is 1210. The van der Waals surface area contributed by atoms with E-state index < -0.39 is 5.97 Å². The molecule has 4 N–H and O–H groups in total. The number of thiol groups is 1. The summed E-state index contributed by atoms with van der Waals surface area (Å²) in [5.41, 5.74) is 10.3. The molecule has 0 aliphatic rings. The molecule has 2 aromatic carbocycles. The molecule has 0 radical (unpaired) electrons. The Morgan fingerprint density at radius 3 is 2.64 bits per heavy atom. The Hall–Kier alpha value is -3.58. The number of nitrogens with zero attached hydrogens (tertiary/aromatic N) is 2. The van der Waals surface area contributed by atoms with Gasteiger partial charge in [0.25, 0.3) is 0 Å². The zero-order valence-electron chi connectivity index (χ0n) is 14.6. The number of fused-ring (bicyclic) bond motifs is 1. The van der Waals surface area contributed by atoms with Gasteiger partial charge in [0.15, 0.2) is 0 Å². The van der Waals surface area contributed by atoms with Gasteiger partial charge in [-0.25, -0.2) is 4.79 Å². The highest BCUT2D eigenvalue weighted by molar-refractivity contribution is 7.80. The molecule has 0 aliphatic carbocycles. The second-order valence-electron chi connectivity index (χ2n) is 6.23. The van der Waals surface area contributed by atoms with E-state index in [1.54, 1.807) is 42.9 Å². The fourth-order valence-corrected chi connectivity index (χ4v) is 3.26. The van der Waals surface area contributed by atoms with E-state index >= 15 is 0 Å². The lowest BCUT2D eigenvalue weighted by Gasteiger charge is -2.15. The lowest BCUT2D eigenvalue weighted by atomic mass is 10.0. The number of anilines is 3. The number of nitrogens with two attached hydrogens (primary N) is 1. The molecule has 0 fully saturated rings. The molecule has 0 atom stereocenters. The highest BCUT2D eigenvalue weighted by Gasteiger charge is 2.13. The number of carboxylic acids is 1. The third kappa shape index (κ3) is 3.35. The van der Waals surface area contributed by atoms with Crippen LogP contribution in [0.2, 0.25) is 0 Å². The third-order valence-corrected chi connectivity index (χ3v) is 4.70. The molecule has 0 unspecified atom stereocenters. The maximum atomic E-state index is 11.5. The minimum atomic E-state index is -1.01. The Labute approximate surface area is 166 Å². The average Bonchev–Trinajstić information content (AvgIpc) is 2.70. The van der Waals surface area contributed by atoms with Gasteiger partial charge in [0, 0.05) is 34.4 Å². The fourth-order valence-electron chi connectivity index (χ4n) is 3.02. The van der Waals surface area contributed by atoms with Gasteiger partial charge in [0.05, 0.1) is 28.1 Å². The van der Waals surface area contributed by atoms with Crippen LogP contribution in [0.5, 0.6) is 0 Å². The quantitative estimate of drug-likeness (QED) is 0.381. The second-order valence-corrected chi connectivity index (χ2v) is 6.71. The van der Waals surface area contributed by atoms with E-state index in [9.17, 15) is 9.90 Å². The monoisotopic (exact) mass is 388 g/mol. The summed E-state index contributed by atoms with van der Waals surface area (Å²) < 4.78 is 0. The van der Waals surface area contributed by atoms with Crippen LogP contribution in [0.15, 0.2) is 72.0 Å². The van der Waals surface area contributed by atoms with Gasteiger partial charge in [-0.1, -0.05) is 18.2 Å². The maximum absolute atomic E-state index is 11.5. The molecule has 0 spiro atoms. The van der Waals surface area contributed by atoms with Crippen LogP contribution in [0, 0.1) is 0 Å². The van der Waals surface area contributed by atoms with Crippen molar-refractivity contribution in [1.29, 1.82) is 0 Å². The van der Waals surface area contributed by atoms with Gasteiger partial charge in [-0.2, -0.15) is 0 Å². The van der Waals surface area contributed by atoms with Crippen molar-refractivity contribution >= 4 is 46.6 Å². The van der Waals surface area contributed by atoms with Crippen molar-refractivity contribution in [3.8, 4) is 11.1 Å². The van der Waals surface area contributed by atoms with Crippen molar-refractivity contribution in [2.75, 3.05) is 11.1 Å². The second kappa shape index (κ2) is 7.21. The first-order valence-electron chi connectivity index (χ1n) is 8.45. The number of aromatic nitrogens is 2. The maximum Gasteiger partial charge on any atom is 0.337 e. The predicted molar refractivity (Wildman–Crippen MR) is 113 cm³/mol. The number of nitrogen functional groups attached to an aromatic ring is 1. The minimum absolute atomic E-state index is 0.177. The zero-order valence-corrected chi connectivity index (χ0v) is 15.5. The number of rotatable bonds is 4. The van der Waals surface area contributed by atoms with Crippen LogP contribution in [0.4, 0.5) is 17.1 Å². The summed E-state index contributed by atoms with van der Waals surface area (Å²) in [5, 5.41) is 13.5. The molecule has 0 amide bonds. The molecule has 7 heteroatoms. The first kappa shape index (κ1) is 17.8. The third-order valence-electron chi connectivity index (χ3n) is 4.36. The van der Waals surface area contributed by atoms with Crippen LogP contribution in [0.25, 0.3) is 22.0 Å². The molecule has 4 aromatic rings. The van der Waals surface area contributed by atoms with Crippen molar-refractivity contribution in [1.82, 2.24) is 9.97 Å². The van der Waals surface area contributed by atoms with Crippen LogP contribution < -0.4 is 11.1 Å². The number of nitrogens with one attached hydrogen (secondary N) is 1.